The zero-order chi connectivity index (χ0) is 13.9. The van der Waals surface area contributed by atoms with Crippen molar-refractivity contribution in [2.45, 2.75) is 10.9 Å². The smallest absolute Gasteiger partial charge is 0.166 e. The summed E-state index contributed by atoms with van der Waals surface area (Å²) in [5.74, 6) is 2.15. The number of aromatic nitrogens is 3. The minimum atomic E-state index is 0.539. The van der Waals surface area contributed by atoms with E-state index in [0.717, 1.165) is 33.3 Å². The molecule has 0 atom stereocenters. The molecule has 2 heterocycles. The summed E-state index contributed by atoms with van der Waals surface area (Å²) in [6, 6.07) is 9.62. The lowest BCUT2D eigenvalue weighted by molar-refractivity contribution is 0.415. The predicted octanol–water partition coefficient (Wildman–Crippen LogP) is 2.84. The number of benzene rings is 1. The lowest BCUT2D eigenvalue weighted by atomic mass is 10.3. The molecule has 3 aromatic rings. The Morgan fingerprint density at radius 1 is 1.30 bits per heavy atom. The molecule has 0 aliphatic rings. The van der Waals surface area contributed by atoms with E-state index >= 15 is 0 Å². The van der Waals surface area contributed by atoms with Gasteiger partial charge in [0.25, 0.3) is 0 Å². The molecule has 0 bridgehead atoms. The molecule has 0 radical (unpaired) electrons. The number of hydrogen-bond donors (Lipinski definition) is 2. The molecule has 0 amide bonds. The van der Waals surface area contributed by atoms with Gasteiger partial charge in [0.2, 0.25) is 0 Å². The number of nitrogens with one attached hydrogen (secondary N) is 1. The van der Waals surface area contributed by atoms with Gasteiger partial charge in [-0.25, -0.2) is 9.97 Å². The largest absolute Gasteiger partial charge is 0.497 e. The molecular weight excluding hydrogens is 272 g/mol. The maximum atomic E-state index is 5.66. The van der Waals surface area contributed by atoms with Crippen LogP contribution >= 0.6 is 11.8 Å². The van der Waals surface area contributed by atoms with Crippen molar-refractivity contribution in [3.05, 3.63) is 42.1 Å². The van der Waals surface area contributed by atoms with Gasteiger partial charge in [0.1, 0.15) is 11.6 Å². The van der Waals surface area contributed by atoms with Crippen LogP contribution in [0.2, 0.25) is 0 Å². The van der Waals surface area contributed by atoms with Gasteiger partial charge in [-0.05, 0) is 29.8 Å². The molecule has 0 fully saturated rings. The summed E-state index contributed by atoms with van der Waals surface area (Å²) in [6.45, 7) is 0. The summed E-state index contributed by atoms with van der Waals surface area (Å²) >= 11 is 1.63. The minimum Gasteiger partial charge on any atom is -0.497 e. The lowest BCUT2D eigenvalue weighted by Gasteiger charge is -1.99. The number of anilines is 1. The predicted molar refractivity (Wildman–Crippen MR) is 80.9 cm³/mol. The first-order valence-corrected chi connectivity index (χ1v) is 7.10. The van der Waals surface area contributed by atoms with E-state index < -0.39 is 0 Å². The van der Waals surface area contributed by atoms with E-state index in [9.17, 15) is 0 Å². The van der Waals surface area contributed by atoms with Crippen LogP contribution in [0.15, 0.2) is 41.7 Å². The molecule has 1 aromatic carbocycles. The van der Waals surface area contributed by atoms with Crippen LogP contribution in [-0.2, 0) is 5.75 Å². The molecule has 5 nitrogen and oxygen atoms in total. The van der Waals surface area contributed by atoms with E-state index in [-0.39, 0.29) is 0 Å². The molecule has 3 N–H and O–H groups in total. The number of nitrogens with two attached hydrogens (primary N) is 1. The Balaban J connectivity index is 1.77. The summed E-state index contributed by atoms with van der Waals surface area (Å²) in [5, 5.41) is 0.878. The number of methoxy groups -OCH3 is 1. The van der Waals surface area contributed by atoms with Gasteiger partial charge >= 0.3 is 0 Å². The number of hydrogen-bond acceptors (Lipinski definition) is 5. The zero-order valence-corrected chi connectivity index (χ0v) is 11.8. The normalized spacial score (nSPS) is 10.8. The Bertz CT molecular complexity index is 741. The molecule has 0 aliphatic heterocycles. The Hall–Kier alpha value is -2.21. The molecule has 2 aromatic heterocycles. The van der Waals surface area contributed by atoms with Gasteiger partial charge in [-0.1, -0.05) is 11.8 Å². The third-order valence-electron chi connectivity index (χ3n) is 2.89. The molecule has 0 unspecified atom stereocenters. The van der Waals surface area contributed by atoms with Crippen molar-refractivity contribution in [1.29, 1.82) is 0 Å². The number of ether oxygens (including phenoxy) is 1. The van der Waals surface area contributed by atoms with Crippen LogP contribution in [0, 0.1) is 0 Å². The second-order valence-corrected chi connectivity index (χ2v) is 5.27. The highest BCUT2D eigenvalue weighted by Crippen LogP contribution is 2.25. The third-order valence-corrected chi connectivity index (χ3v) is 3.83. The number of imidazole rings is 1. The molecule has 0 saturated carbocycles. The first-order chi connectivity index (χ1) is 9.74. The second kappa shape index (κ2) is 5.42. The van der Waals surface area contributed by atoms with Gasteiger partial charge < -0.3 is 15.5 Å². The van der Waals surface area contributed by atoms with E-state index in [4.69, 9.17) is 10.5 Å². The first kappa shape index (κ1) is 12.8. The summed E-state index contributed by atoms with van der Waals surface area (Å²) < 4.78 is 5.20. The van der Waals surface area contributed by atoms with Gasteiger partial charge in [0.05, 0.1) is 18.1 Å². The molecular formula is C14H14N4OS. The maximum Gasteiger partial charge on any atom is 0.166 e. The number of nitrogen functional groups attached to an aromatic ring is 1. The summed E-state index contributed by atoms with van der Waals surface area (Å²) in [7, 11) is 1.65. The monoisotopic (exact) mass is 286 g/mol. The van der Waals surface area contributed by atoms with Crippen molar-refractivity contribution in [2.24, 2.45) is 0 Å². The topological polar surface area (TPSA) is 76.8 Å². The molecule has 20 heavy (non-hydrogen) atoms. The molecule has 0 spiro atoms. The molecule has 102 valence electrons. The van der Waals surface area contributed by atoms with Gasteiger partial charge in [-0.15, -0.1) is 0 Å². The van der Waals surface area contributed by atoms with Crippen molar-refractivity contribution in [2.75, 3.05) is 12.8 Å². The van der Waals surface area contributed by atoms with Gasteiger partial charge in [0.15, 0.2) is 5.16 Å². The highest BCUT2D eigenvalue weighted by molar-refractivity contribution is 7.98. The van der Waals surface area contributed by atoms with Crippen LogP contribution in [0.4, 0.5) is 5.82 Å². The third kappa shape index (κ3) is 2.70. The van der Waals surface area contributed by atoms with E-state index in [1.54, 1.807) is 25.1 Å². The van der Waals surface area contributed by atoms with Crippen LogP contribution in [0.1, 0.15) is 5.56 Å². The fourth-order valence-electron chi connectivity index (χ4n) is 1.90. The second-order valence-electron chi connectivity index (χ2n) is 4.30. The Morgan fingerprint density at radius 2 is 2.20 bits per heavy atom. The fraction of sp³-hybridized carbons (Fsp3) is 0.143. The van der Waals surface area contributed by atoms with E-state index in [1.807, 2.05) is 30.3 Å². The van der Waals surface area contributed by atoms with E-state index in [0.29, 0.717) is 5.82 Å². The molecule has 0 saturated heterocycles. The lowest BCUT2D eigenvalue weighted by Crippen LogP contribution is -1.91. The molecule has 3 rings (SSSR count). The van der Waals surface area contributed by atoms with Crippen molar-refractivity contribution in [3.8, 4) is 5.75 Å². The van der Waals surface area contributed by atoms with Crippen molar-refractivity contribution in [1.82, 2.24) is 15.0 Å². The van der Waals surface area contributed by atoms with Gasteiger partial charge in [0, 0.05) is 18.0 Å². The summed E-state index contributed by atoms with van der Waals surface area (Å²) in [5.41, 5.74) is 8.69. The van der Waals surface area contributed by atoms with Gasteiger partial charge in [-0.3, -0.25) is 0 Å². The Kier molecular flexibility index (Phi) is 3.47. The highest BCUT2D eigenvalue weighted by atomic mass is 32.2. The molecule has 6 heteroatoms. The molecule has 0 aliphatic carbocycles. The van der Waals surface area contributed by atoms with E-state index in [1.165, 1.54) is 0 Å². The quantitative estimate of drug-likeness (QED) is 0.721. The average Bonchev–Trinajstić information content (AvgIpc) is 2.87. The highest BCUT2D eigenvalue weighted by Gasteiger charge is 2.05. The number of H-pyrrole nitrogens is 1. The van der Waals surface area contributed by atoms with E-state index in [2.05, 4.69) is 15.0 Å². The van der Waals surface area contributed by atoms with Crippen LogP contribution in [0.5, 0.6) is 5.75 Å². The zero-order valence-electron chi connectivity index (χ0n) is 11.0. The standard InChI is InChI=1S/C14H14N4OS/c1-19-10-2-3-11-12(7-10)18-14(17-11)20-8-9-4-5-16-13(15)6-9/h2-7H,8H2,1H3,(H2,15,16)(H,17,18). The van der Waals surface area contributed by atoms with Crippen molar-refractivity contribution >= 4 is 28.6 Å². The minimum absolute atomic E-state index is 0.539. The average molecular weight is 286 g/mol. The SMILES string of the molecule is COc1ccc2nc(SCc3ccnc(N)c3)[nH]c2c1. The summed E-state index contributed by atoms with van der Waals surface area (Å²) in [6.07, 6.45) is 1.72. The number of aromatic amines is 1. The number of pyridine rings is 1. The fourth-order valence-corrected chi connectivity index (χ4v) is 2.72. The number of rotatable bonds is 4. The van der Waals surface area contributed by atoms with Crippen LogP contribution in [0.25, 0.3) is 11.0 Å². The van der Waals surface area contributed by atoms with Crippen molar-refractivity contribution < 1.29 is 4.74 Å². The maximum absolute atomic E-state index is 5.66. The Labute approximate surface area is 120 Å². The summed E-state index contributed by atoms with van der Waals surface area (Å²) in [4.78, 5) is 11.8. The van der Waals surface area contributed by atoms with Gasteiger partial charge in [-0.2, -0.15) is 0 Å². The van der Waals surface area contributed by atoms with Crippen LogP contribution in [-0.4, -0.2) is 22.1 Å². The number of nitrogens with zero attached hydrogens (tertiary/aromatic N) is 2. The van der Waals surface area contributed by atoms with Crippen molar-refractivity contribution in [3.63, 3.8) is 0 Å². The Morgan fingerprint density at radius 3 is 3.00 bits per heavy atom. The first-order valence-electron chi connectivity index (χ1n) is 6.11. The van der Waals surface area contributed by atoms with Crippen LogP contribution in [0.3, 0.4) is 0 Å². The number of fused-ring (bicyclic) bond motifs is 1. The number of thioether (sulfide) groups is 1. The van der Waals surface area contributed by atoms with Crippen LogP contribution < -0.4 is 10.5 Å².